The van der Waals surface area contributed by atoms with Crippen molar-refractivity contribution >= 4 is 28.3 Å². The van der Waals surface area contributed by atoms with E-state index in [9.17, 15) is 9.90 Å². The summed E-state index contributed by atoms with van der Waals surface area (Å²) in [5.74, 6) is 0.603. The highest BCUT2D eigenvalue weighted by Crippen LogP contribution is 2.25. The molecule has 2 aromatic heterocycles. The number of halogens is 1. The number of ether oxygens (including phenoxy) is 1. The van der Waals surface area contributed by atoms with Gasteiger partial charge >= 0.3 is 0 Å². The number of nitrogens with zero attached hydrogens (tertiary/aromatic N) is 4. The van der Waals surface area contributed by atoms with Crippen molar-refractivity contribution in [1.82, 2.24) is 14.5 Å². The Bertz CT molecular complexity index is 743. The Kier molecular flexibility index (Phi) is 4.28. The molecule has 0 radical (unpaired) electrons. The topological polar surface area (TPSA) is 80.5 Å². The molecule has 1 aliphatic rings. The van der Waals surface area contributed by atoms with Crippen LogP contribution in [0.25, 0.3) is 10.9 Å². The van der Waals surface area contributed by atoms with Gasteiger partial charge in [-0.3, -0.25) is 9.36 Å². The van der Waals surface area contributed by atoms with Crippen molar-refractivity contribution in [2.24, 2.45) is 0 Å². The molecule has 2 aromatic rings. The lowest BCUT2D eigenvalue weighted by Crippen LogP contribution is -2.37. The van der Waals surface area contributed by atoms with Gasteiger partial charge in [0.1, 0.15) is 10.7 Å². The number of aliphatic hydroxyl groups excluding tert-OH is 1. The van der Waals surface area contributed by atoms with E-state index >= 15 is 0 Å². The lowest BCUT2D eigenvalue weighted by atomic mass is 10.2. The summed E-state index contributed by atoms with van der Waals surface area (Å²) in [6, 6.07) is 1.18. The number of fused-ring (bicyclic) bond motifs is 1. The van der Waals surface area contributed by atoms with E-state index in [4.69, 9.17) is 16.3 Å². The second-order valence-corrected chi connectivity index (χ2v) is 5.64. The molecular weight excluding hydrogens is 308 g/mol. The van der Waals surface area contributed by atoms with E-state index < -0.39 is 0 Å². The van der Waals surface area contributed by atoms with Crippen LogP contribution in [-0.2, 0) is 4.74 Å². The molecule has 3 rings (SSSR count). The number of anilines is 1. The first kappa shape index (κ1) is 15.2. The Balaban J connectivity index is 2.18. The van der Waals surface area contributed by atoms with Gasteiger partial charge < -0.3 is 14.7 Å². The number of rotatable bonds is 3. The summed E-state index contributed by atoms with van der Waals surface area (Å²) in [5, 5.41) is 9.91. The molecule has 1 aliphatic heterocycles. The number of morpholine rings is 1. The van der Waals surface area contributed by atoms with E-state index in [1.54, 1.807) is 6.92 Å². The number of aromatic nitrogens is 3. The van der Waals surface area contributed by atoms with Crippen LogP contribution in [0, 0.1) is 0 Å². The number of hydrogen-bond donors (Lipinski definition) is 1. The van der Waals surface area contributed by atoms with Gasteiger partial charge in [0.2, 0.25) is 0 Å². The van der Waals surface area contributed by atoms with Gasteiger partial charge in [0.15, 0.2) is 5.82 Å². The molecule has 22 heavy (non-hydrogen) atoms. The van der Waals surface area contributed by atoms with Gasteiger partial charge in [0, 0.05) is 13.1 Å². The largest absolute Gasteiger partial charge is 0.394 e. The Morgan fingerprint density at radius 3 is 2.86 bits per heavy atom. The van der Waals surface area contributed by atoms with E-state index in [2.05, 4.69) is 9.97 Å². The molecule has 0 aliphatic carbocycles. The second kappa shape index (κ2) is 6.20. The van der Waals surface area contributed by atoms with Crippen molar-refractivity contribution in [3.05, 3.63) is 27.9 Å². The molecule has 3 heterocycles. The second-order valence-electron chi connectivity index (χ2n) is 5.25. The molecule has 1 fully saturated rings. The van der Waals surface area contributed by atoms with Crippen LogP contribution >= 0.6 is 11.6 Å². The first-order valence-corrected chi connectivity index (χ1v) is 7.50. The molecule has 0 aromatic carbocycles. The molecule has 1 atom stereocenters. The molecule has 1 unspecified atom stereocenters. The first-order valence-electron chi connectivity index (χ1n) is 7.12. The van der Waals surface area contributed by atoms with Crippen LogP contribution in [0.3, 0.4) is 0 Å². The number of aliphatic hydroxyl groups is 1. The van der Waals surface area contributed by atoms with Gasteiger partial charge in [-0.25, -0.2) is 9.97 Å². The Morgan fingerprint density at radius 1 is 1.45 bits per heavy atom. The van der Waals surface area contributed by atoms with Crippen LogP contribution in [0.4, 0.5) is 5.82 Å². The first-order chi connectivity index (χ1) is 10.6. The maximum Gasteiger partial charge on any atom is 0.261 e. The molecule has 118 valence electrons. The standard InChI is InChI=1S/C14H17ClN4O3/c1-9(7-20)19-8-16-12-10(14(19)21)6-11(15)17-13(12)18-2-4-22-5-3-18/h6,8-9,20H,2-5,7H2,1H3. The fourth-order valence-corrected chi connectivity index (χ4v) is 2.68. The summed E-state index contributed by atoms with van der Waals surface area (Å²) in [7, 11) is 0. The quantitative estimate of drug-likeness (QED) is 0.843. The van der Waals surface area contributed by atoms with Crippen molar-refractivity contribution in [2.75, 3.05) is 37.8 Å². The number of pyridine rings is 1. The van der Waals surface area contributed by atoms with E-state index in [0.29, 0.717) is 43.0 Å². The Morgan fingerprint density at radius 2 is 2.18 bits per heavy atom. The van der Waals surface area contributed by atoms with E-state index in [1.807, 2.05) is 4.90 Å². The van der Waals surface area contributed by atoms with Crippen molar-refractivity contribution < 1.29 is 9.84 Å². The molecule has 0 bridgehead atoms. The Hall–Kier alpha value is -1.70. The molecule has 0 spiro atoms. The highest BCUT2D eigenvalue weighted by Gasteiger charge is 2.19. The molecular formula is C14H17ClN4O3. The van der Waals surface area contributed by atoms with Gasteiger partial charge in [0.05, 0.1) is 37.6 Å². The molecule has 0 saturated carbocycles. The summed E-state index contributed by atoms with van der Waals surface area (Å²) >= 11 is 6.09. The third-order valence-corrected chi connectivity index (χ3v) is 3.96. The molecule has 1 saturated heterocycles. The van der Waals surface area contributed by atoms with Crippen molar-refractivity contribution in [2.45, 2.75) is 13.0 Å². The molecule has 0 amide bonds. The molecule has 1 N–H and O–H groups in total. The summed E-state index contributed by atoms with van der Waals surface area (Å²) in [6.45, 7) is 4.19. The lowest BCUT2D eigenvalue weighted by molar-refractivity contribution is 0.122. The van der Waals surface area contributed by atoms with Crippen LogP contribution in [-0.4, -0.2) is 52.6 Å². The predicted octanol–water partition coefficient (Wildman–Crippen LogP) is 0.835. The molecule has 8 heteroatoms. The average Bonchev–Trinajstić information content (AvgIpc) is 2.55. The highest BCUT2D eigenvalue weighted by atomic mass is 35.5. The van der Waals surface area contributed by atoms with Gasteiger partial charge in [-0.15, -0.1) is 0 Å². The minimum Gasteiger partial charge on any atom is -0.394 e. The Labute approximate surface area is 132 Å². The van der Waals surface area contributed by atoms with Crippen LogP contribution in [0.15, 0.2) is 17.2 Å². The van der Waals surface area contributed by atoms with Crippen LogP contribution in [0.2, 0.25) is 5.15 Å². The predicted molar refractivity (Wildman–Crippen MR) is 83.6 cm³/mol. The summed E-state index contributed by atoms with van der Waals surface area (Å²) in [5.41, 5.74) is 0.294. The van der Waals surface area contributed by atoms with Crippen LogP contribution in [0.1, 0.15) is 13.0 Å². The van der Waals surface area contributed by atoms with Crippen molar-refractivity contribution in [3.8, 4) is 0 Å². The zero-order valence-corrected chi connectivity index (χ0v) is 13.0. The highest BCUT2D eigenvalue weighted by molar-refractivity contribution is 6.30. The summed E-state index contributed by atoms with van der Waals surface area (Å²) in [6.07, 6.45) is 1.45. The normalized spacial score (nSPS) is 17.0. The maximum atomic E-state index is 12.6. The average molecular weight is 325 g/mol. The zero-order chi connectivity index (χ0) is 15.7. The van der Waals surface area contributed by atoms with Gasteiger partial charge in [-0.1, -0.05) is 11.6 Å². The zero-order valence-electron chi connectivity index (χ0n) is 12.2. The maximum absolute atomic E-state index is 12.6. The van der Waals surface area contributed by atoms with Crippen LogP contribution < -0.4 is 10.5 Å². The fourth-order valence-electron chi connectivity index (χ4n) is 2.49. The third-order valence-electron chi connectivity index (χ3n) is 3.77. The van der Waals surface area contributed by atoms with E-state index in [0.717, 1.165) is 0 Å². The SMILES string of the molecule is CC(CO)n1cnc2c(N3CCOCC3)nc(Cl)cc2c1=O. The van der Waals surface area contributed by atoms with Crippen LogP contribution in [0.5, 0.6) is 0 Å². The lowest BCUT2D eigenvalue weighted by Gasteiger charge is -2.28. The third kappa shape index (κ3) is 2.67. The molecule has 7 nitrogen and oxygen atoms in total. The minimum absolute atomic E-state index is 0.137. The summed E-state index contributed by atoms with van der Waals surface area (Å²) < 4.78 is 6.74. The summed E-state index contributed by atoms with van der Waals surface area (Å²) in [4.78, 5) is 23.3. The van der Waals surface area contributed by atoms with E-state index in [1.165, 1.54) is 17.0 Å². The van der Waals surface area contributed by atoms with Gasteiger partial charge in [-0.05, 0) is 13.0 Å². The monoisotopic (exact) mass is 324 g/mol. The van der Waals surface area contributed by atoms with Gasteiger partial charge in [0.25, 0.3) is 5.56 Å². The minimum atomic E-state index is -0.344. The van der Waals surface area contributed by atoms with E-state index in [-0.39, 0.29) is 23.4 Å². The smallest absolute Gasteiger partial charge is 0.261 e. The fraction of sp³-hybridized carbons (Fsp3) is 0.500. The number of hydrogen-bond acceptors (Lipinski definition) is 6. The van der Waals surface area contributed by atoms with Crippen molar-refractivity contribution in [1.29, 1.82) is 0 Å². The van der Waals surface area contributed by atoms with Crippen molar-refractivity contribution in [3.63, 3.8) is 0 Å². The van der Waals surface area contributed by atoms with Gasteiger partial charge in [-0.2, -0.15) is 0 Å².